The van der Waals surface area contributed by atoms with Gasteiger partial charge in [-0.15, -0.1) is 0 Å². The molecule has 2 aromatic rings. The molecule has 1 saturated heterocycles. The molecule has 10 nitrogen and oxygen atoms in total. The first-order chi connectivity index (χ1) is 21.7. The second-order valence-electron chi connectivity index (χ2n) is 12.6. The van der Waals surface area contributed by atoms with E-state index in [1.807, 2.05) is 24.3 Å². The van der Waals surface area contributed by atoms with Gasteiger partial charge in [0.05, 0.1) is 12.1 Å². The topological polar surface area (TPSA) is 135 Å². The predicted octanol–water partition coefficient (Wildman–Crippen LogP) is 5.66. The second-order valence-corrected chi connectivity index (χ2v) is 13.0. The van der Waals surface area contributed by atoms with Crippen molar-refractivity contribution in [3.8, 4) is 5.75 Å². The molecule has 1 unspecified atom stereocenters. The number of carbonyl (C=O) groups is 3. The summed E-state index contributed by atoms with van der Waals surface area (Å²) < 4.78 is 17.4. The maximum Gasteiger partial charge on any atom is 0.330 e. The quantitative estimate of drug-likeness (QED) is 0.173. The van der Waals surface area contributed by atoms with E-state index < -0.39 is 23.3 Å². The highest BCUT2D eigenvalue weighted by Crippen LogP contribution is 2.70. The van der Waals surface area contributed by atoms with Gasteiger partial charge in [0.1, 0.15) is 12.4 Å². The SMILES string of the molecule is COC(=O)/C=C/c1ccc(C2(OC)OOC23C2CC4CC(C2)CC3C4)c(Cl)c1OCc1ccc(NC(=O)CCCC(N)=O)cc1. The first-order valence-corrected chi connectivity index (χ1v) is 15.9. The summed E-state index contributed by atoms with van der Waals surface area (Å²) in [6.45, 7) is 0.159. The van der Waals surface area contributed by atoms with Gasteiger partial charge in [-0.05, 0) is 86.0 Å². The van der Waals surface area contributed by atoms with Gasteiger partial charge in [0.25, 0.3) is 5.79 Å². The molecule has 0 aromatic heterocycles. The molecule has 7 rings (SSSR count). The number of methoxy groups -OCH3 is 2. The molecule has 45 heavy (non-hydrogen) atoms. The predicted molar refractivity (Wildman–Crippen MR) is 166 cm³/mol. The molecular weight excluding hydrogens is 600 g/mol. The number of carbonyl (C=O) groups excluding carboxylic acids is 3. The third-order valence-electron chi connectivity index (χ3n) is 9.98. The number of ether oxygens (including phenoxy) is 3. The number of hydrogen-bond donors (Lipinski definition) is 2. The summed E-state index contributed by atoms with van der Waals surface area (Å²) >= 11 is 7.18. The Labute approximate surface area is 267 Å². The van der Waals surface area contributed by atoms with Gasteiger partial charge in [-0.2, -0.15) is 4.89 Å². The molecule has 1 aliphatic heterocycles. The van der Waals surface area contributed by atoms with Crippen molar-refractivity contribution in [3.05, 3.63) is 64.2 Å². The smallest absolute Gasteiger partial charge is 0.330 e. The molecule has 11 heteroatoms. The number of nitrogens with two attached hydrogens (primary N) is 1. The lowest BCUT2D eigenvalue weighted by molar-refractivity contribution is -0.645. The van der Waals surface area contributed by atoms with Crippen LogP contribution in [-0.2, 0) is 46.0 Å². The van der Waals surface area contributed by atoms with Gasteiger partial charge >= 0.3 is 5.97 Å². The van der Waals surface area contributed by atoms with E-state index in [0.717, 1.165) is 43.1 Å². The van der Waals surface area contributed by atoms with E-state index in [2.05, 4.69) is 5.32 Å². The molecule has 1 heterocycles. The summed E-state index contributed by atoms with van der Waals surface area (Å²) in [5.41, 5.74) is 7.18. The molecule has 4 aliphatic carbocycles. The molecule has 4 saturated carbocycles. The molecular formula is C34H39ClN2O8. The van der Waals surface area contributed by atoms with E-state index in [1.54, 1.807) is 25.3 Å². The van der Waals surface area contributed by atoms with Crippen LogP contribution in [0.25, 0.3) is 6.08 Å². The van der Waals surface area contributed by atoms with Crippen LogP contribution in [0.4, 0.5) is 5.69 Å². The zero-order valence-corrected chi connectivity index (χ0v) is 26.3. The van der Waals surface area contributed by atoms with Crippen molar-refractivity contribution in [1.82, 2.24) is 0 Å². The zero-order valence-electron chi connectivity index (χ0n) is 25.5. The minimum absolute atomic E-state index is 0.159. The lowest BCUT2D eigenvalue weighted by Gasteiger charge is -2.68. The van der Waals surface area contributed by atoms with Gasteiger partial charge in [-0.3, -0.25) is 9.59 Å². The number of esters is 1. The number of halogens is 1. The number of rotatable bonds is 12. The van der Waals surface area contributed by atoms with Crippen molar-refractivity contribution in [1.29, 1.82) is 0 Å². The molecule has 5 aliphatic rings. The van der Waals surface area contributed by atoms with Gasteiger partial charge < -0.3 is 25.3 Å². The lowest BCUT2D eigenvalue weighted by Crippen LogP contribution is -2.76. The fourth-order valence-electron chi connectivity index (χ4n) is 8.15. The van der Waals surface area contributed by atoms with Crippen LogP contribution in [0.1, 0.15) is 68.1 Å². The monoisotopic (exact) mass is 638 g/mol. The van der Waals surface area contributed by atoms with Crippen LogP contribution in [0, 0.1) is 23.7 Å². The Morgan fingerprint density at radius 3 is 2.24 bits per heavy atom. The van der Waals surface area contributed by atoms with Crippen molar-refractivity contribution >= 4 is 41.1 Å². The van der Waals surface area contributed by atoms with Crippen LogP contribution in [0.2, 0.25) is 5.02 Å². The molecule has 3 N–H and O–H groups in total. The lowest BCUT2D eigenvalue weighted by atomic mass is 9.47. The van der Waals surface area contributed by atoms with E-state index in [9.17, 15) is 14.4 Å². The zero-order chi connectivity index (χ0) is 31.8. The number of nitrogens with one attached hydrogen (secondary N) is 1. The summed E-state index contributed by atoms with van der Waals surface area (Å²) in [6.07, 6.45) is 9.33. The standard InChI is InChI=1S/C34H39ClN2O8/c1-41-30(40)13-9-23-8-12-27(34(42-2)33(44-45-34)24-15-21-14-22(17-24)18-25(33)16-21)31(35)32(23)43-19-20-6-10-26(11-7-20)37-29(39)5-3-4-28(36)38/h6-13,21-22,24-25H,3-5,14-19H2,1-2H3,(H2,36,38)(H,37,39)/b13-9+. The Balaban J connectivity index is 1.25. The number of amides is 2. The van der Waals surface area contributed by atoms with Gasteiger partial charge in [0.2, 0.25) is 11.8 Å². The van der Waals surface area contributed by atoms with Crippen LogP contribution in [0.15, 0.2) is 42.5 Å². The fourth-order valence-corrected chi connectivity index (χ4v) is 8.50. The molecule has 4 bridgehead atoms. The molecule has 2 aromatic carbocycles. The van der Waals surface area contributed by atoms with Gasteiger partial charge in [-0.25, -0.2) is 9.68 Å². The van der Waals surface area contributed by atoms with Crippen molar-refractivity contribution in [3.63, 3.8) is 0 Å². The molecule has 1 atom stereocenters. The summed E-state index contributed by atoms with van der Waals surface area (Å²) in [5.74, 6) is 0.103. The Hall–Kier alpha value is -3.44. The van der Waals surface area contributed by atoms with Gasteiger partial charge in [0.15, 0.2) is 5.60 Å². The first-order valence-electron chi connectivity index (χ1n) is 15.5. The minimum atomic E-state index is -1.19. The summed E-state index contributed by atoms with van der Waals surface area (Å²) in [6, 6.07) is 10.9. The average Bonchev–Trinajstić information content (AvgIpc) is 3.00. The van der Waals surface area contributed by atoms with E-state index >= 15 is 0 Å². The number of primary amides is 1. The van der Waals surface area contributed by atoms with Crippen molar-refractivity contribution in [2.24, 2.45) is 29.4 Å². The van der Waals surface area contributed by atoms with Gasteiger partial charge in [0, 0.05) is 42.8 Å². The van der Waals surface area contributed by atoms with Crippen LogP contribution >= 0.6 is 11.6 Å². The molecule has 240 valence electrons. The van der Waals surface area contributed by atoms with Gasteiger partial charge in [-0.1, -0.05) is 35.9 Å². The maximum atomic E-state index is 12.2. The third-order valence-corrected chi connectivity index (χ3v) is 10.4. The molecule has 2 amide bonds. The largest absolute Gasteiger partial charge is 0.487 e. The van der Waals surface area contributed by atoms with Crippen molar-refractivity contribution in [2.45, 2.75) is 69.4 Å². The summed E-state index contributed by atoms with van der Waals surface area (Å²) in [4.78, 5) is 47.1. The Bertz CT molecular complexity index is 1460. The van der Waals surface area contributed by atoms with Crippen LogP contribution < -0.4 is 15.8 Å². The number of benzene rings is 2. The minimum Gasteiger partial charge on any atom is -0.487 e. The van der Waals surface area contributed by atoms with Crippen molar-refractivity contribution < 1.29 is 38.4 Å². The molecule has 5 fully saturated rings. The highest BCUT2D eigenvalue weighted by Gasteiger charge is 2.77. The van der Waals surface area contributed by atoms with E-state index in [0.29, 0.717) is 45.8 Å². The second kappa shape index (κ2) is 12.7. The van der Waals surface area contributed by atoms with E-state index in [4.69, 9.17) is 41.3 Å². The third kappa shape index (κ3) is 5.73. The summed E-state index contributed by atoms with van der Waals surface area (Å²) in [7, 11) is 2.95. The van der Waals surface area contributed by atoms with Crippen LogP contribution in [0.5, 0.6) is 5.75 Å². The Morgan fingerprint density at radius 2 is 1.67 bits per heavy atom. The van der Waals surface area contributed by atoms with E-state index in [1.165, 1.54) is 19.6 Å². The maximum absolute atomic E-state index is 12.2. The number of anilines is 1. The highest BCUT2D eigenvalue weighted by atomic mass is 35.5. The Morgan fingerprint density at radius 1 is 0.978 bits per heavy atom. The fraction of sp³-hybridized carbons (Fsp3) is 0.500. The number of hydrogen-bond acceptors (Lipinski definition) is 8. The molecule has 0 radical (unpaired) electrons. The summed E-state index contributed by atoms with van der Waals surface area (Å²) in [5, 5.41) is 3.14. The molecule has 1 spiro atoms. The van der Waals surface area contributed by atoms with Crippen LogP contribution in [-0.4, -0.2) is 37.6 Å². The highest BCUT2D eigenvalue weighted by molar-refractivity contribution is 6.33. The normalized spacial score (nSPS) is 29.5. The average molecular weight is 639 g/mol. The van der Waals surface area contributed by atoms with Crippen molar-refractivity contribution in [2.75, 3.05) is 19.5 Å². The van der Waals surface area contributed by atoms with E-state index in [-0.39, 0.29) is 25.4 Å². The first kappa shape index (κ1) is 31.5. The van der Waals surface area contributed by atoms with Crippen LogP contribution in [0.3, 0.4) is 0 Å². The Kier molecular flexibility index (Phi) is 8.94.